The second-order valence-electron chi connectivity index (χ2n) is 3.76. The van der Waals surface area contributed by atoms with E-state index in [-0.39, 0.29) is 12.4 Å². The first kappa shape index (κ1) is 16.0. The van der Waals surface area contributed by atoms with Gasteiger partial charge in [-0.2, -0.15) is 0 Å². The third-order valence-electron chi connectivity index (χ3n) is 2.14. The smallest absolute Gasteiger partial charge is 0.308 e. The van der Waals surface area contributed by atoms with Crippen LogP contribution in [0.15, 0.2) is 42.0 Å². The molecule has 21 heavy (non-hydrogen) atoms. The molecule has 0 saturated carbocycles. The van der Waals surface area contributed by atoms with E-state index < -0.39 is 11.9 Å². The van der Waals surface area contributed by atoms with Gasteiger partial charge in [-0.15, -0.1) is 0 Å². The van der Waals surface area contributed by atoms with E-state index >= 15 is 0 Å². The van der Waals surface area contributed by atoms with Crippen molar-refractivity contribution >= 4 is 18.0 Å². The van der Waals surface area contributed by atoms with Gasteiger partial charge in [-0.3, -0.25) is 9.59 Å². The van der Waals surface area contributed by atoms with Gasteiger partial charge in [-0.05, 0) is 34.4 Å². The molecular weight excluding hydrogens is 274 g/mol. The number of carbonyl (C=O) groups is 2. The molecule has 108 valence electrons. The number of nitrogens with zero attached hydrogens (tertiary/aromatic N) is 3. The van der Waals surface area contributed by atoms with Gasteiger partial charge >= 0.3 is 5.97 Å². The molecule has 7 nitrogen and oxygen atoms in total. The van der Waals surface area contributed by atoms with E-state index in [2.05, 4.69) is 16.6 Å². The predicted molar refractivity (Wildman–Crippen MR) is 76.6 cm³/mol. The average molecular weight is 287 g/mol. The zero-order valence-electron chi connectivity index (χ0n) is 11.4. The van der Waals surface area contributed by atoms with Crippen LogP contribution in [-0.4, -0.2) is 18.5 Å². The highest BCUT2D eigenvalue weighted by molar-refractivity contribution is 5.92. The molecule has 0 aliphatic heterocycles. The van der Waals surface area contributed by atoms with Gasteiger partial charge in [0.25, 0.3) is 0 Å². The van der Waals surface area contributed by atoms with Gasteiger partial charge in [0.05, 0.1) is 0 Å². The number of esters is 1. The Bertz CT molecular complexity index is 631. The molecule has 0 aromatic heterocycles. The fourth-order valence-electron chi connectivity index (χ4n) is 1.37. The summed E-state index contributed by atoms with van der Waals surface area (Å²) in [5.74, 6) is -0.582. The number of hydrogen-bond donors (Lipinski definition) is 0. The lowest BCUT2D eigenvalue weighted by Crippen LogP contribution is -2.04. The lowest BCUT2D eigenvalue weighted by molar-refractivity contribution is -0.132. The number of hydrogen-bond acceptors (Lipinski definition) is 4. The Morgan fingerprint density at radius 3 is 2.81 bits per heavy atom. The van der Waals surface area contributed by atoms with Gasteiger partial charge in [-0.1, -0.05) is 24.8 Å². The zero-order valence-corrected chi connectivity index (χ0v) is 11.4. The molecule has 7 heteroatoms. The summed E-state index contributed by atoms with van der Waals surface area (Å²) in [6, 6.07) is 4.75. The van der Waals surface area contributed by atoms with Gasteiger partial charge in [0.1, 0.15) is 6.61 Å². The minimum atomic E-state index is -0.713. The van der Waals surface area contributed by atoms with E-state index in [9.17, 15) is 9.59 Å². The van der Waals surface area contributed by atoms with Crippen LogP contribution >= 0.6 is 0 Å². The molecule has 0 aliphatic rings. The van der Waals surface area contributed by atoms with E-state index in [1.54, 1.807) is 18.2 Å². The van der Waals surface area contributed by atoms with Crippen LogP contribution in [0.2, 0.25) is 0 Å². The largest absolute Gasteiger partial charge is 0.486 e. The Kier molecular flexibility index (Phi) is 6.24. The lowest BCUT2D eigenvalue weighted by atomic mass is 10.2. The Balaban J connectivity index is 3.02. The molecule has 1 aromatic rings. The molecular formula is C14H13N3O4. The monoisotopic (exact) mass is 287 g/mol. The normalized spacial score (nSPS) is 9.76. The zero-order chi connectivity index (χ0) is 15.7. The molecule has 0 aliphatic carbocycles. The van der Waals surface area contributed by atoms with Crippen molar-refractivity contribution in [3.05, 3.63) is 52.9 Å². The van der Waals surface area contributed by atoms with Crippen molar-refractivity contribution in [1.29, 1.82) is 0 Å². The summed E-state index contributed by atoms with van der Waals surface area (Å²) in [6.45, 7) is 5.05. The second-order valence-corrected chi connectivity index (χ2v) is 3.76. The van der Waals surface area contributed by atoms with Crippen molar-refractivity contribution in [3.63, 3.8) is 0 Å². The van der Waals surface area contributed by atoms with Crippen molar-refractivity contribution in [3.8, 4) is 11.5 Å². The standard InChI is InChI=1S/C14H13N3O4/c1-3-8-20-13-9-11(5-7-14(19)16-17-15)4-6-12(13)21-10(2)18/h3-7,9H,1,8H2,2H3. The van der Waals surface area contributed by atoms with Crippen LogP contribution in [0.1, 0.15) is 12.5 Å². The highest BCUT2D eigenvalue weighted by Crippen LogP contribution is 2.29. The van der Waals surface area contributed by atoms with Crippen molar-refractivity contribution < 1.29 is 19.1 Å². The summed E-state index contributed by atoms with van der Waals surface area (Å²) in [7, 11) is 0. The summed E-state index contributed by atoms with van der Waals surface area (Å²) in [5, 5.41) is 2.91. The molecule has 1 amide bonds. The topological polar surface area (TPSA) is 101 Å². The Labute approximate surface area is 121 Å². The Morgan fingerprint density at radius 1 is 1.43 bits per heavy atom. The van der Waals surface area contributed by atoms with Gasteiger partial charge < -0.3 is 9.47 Å². The van der Waals surface area contributed by atoms with E-state index in [1.165, 1.54) is 19.1 Å². The first-order valence-electron chi connectivity index (χ1n) is 5.90. The molecule has 0 bridgehead atoms. The van der Waals surface area contributed by atoms with Gasteiger partial charge in [-0.25, -0.2) is 0 Å². The summed E-state index contributed by atoms with van der Waals surface area (Å²) in [5.41, 5.74) is 8.74. The maximum atomic E-state index is 11.1. The third-order valence-corrected chi connectivity index (χ3v) is 2.14. The molecule has 0 saturated heterocycles. The first-order valence-corrected chi connectivity index (χ1v) is 5.90. The van der Waals surface area contributed by atoms with Crippen molar-refractivity contribution in [2.24, 2.45) is 5.11 Å². The van der Waals surface area contributed by atoms with Crippen LogP contribution in [-0.2, 0) is 9.59 Å². The maximum Gasteiger partial charge on any atom is 0.308 e. The molecule has 1 rings (SSSR count). The van der Waals surface area contributed by atoms with Crippen molar-refractivity contribution in [1.82, 2.24) is 0 Å². The number of rotatable bonds is 6. The Morgan fingerprint density at radius 2 is 2.19 bits per heavy atom. The number of benzene rings is 1. The highest BCUT2D eigenvalue weighted by Gasteiger charge is 2.08. The quantitative estimate of drug-likeness (QED) is 0.153. The number of carbonyl (C=O) groups excluding carboxylic acids is 2. The second kappa shape index (κ2) is 8.19. The summed E-state index contributed by atoms with van der Waals surface area (Å²) < 4.78 is 10.4. The summed E-state index contributed by atoms with van der Waals surface area (Å²) in [6.07, 6.45) is 4.12. The molecule has 0 unspecified atom stereocenters. The van der Waals surface area contributed by atoms with Crippen LogP contribution in [0, 0.1) is 0 Å². The van der Waals surface area contributed by atoms with Gasteiger partial charge in [0.2, 0.25) is 5.91 Å². The maximum absolute atomic E-state index is 11.1. The SMILES string of the molecule is C=CCOc1cc(C=CC(=O)N=[N+]=[N-])ccc1OC(C)=O. The predicted octanol–water partition coefficient (Wildman–Crippen LogP) is 3.03. The first-order chi connectivity index (χ1) is 10.1. The van der Waals surface area contributed by atoms with E-state index in [1.807, 2.05) is 0 Å². The molecule has 0 fully saturated rings. The lowest BCUT2D eigenvalue weighted by Gasteiger charge is -2.10. The molecule has 0 heterocycles. The molecule has 0 atom stereocenters. The van der Waals surface area contributed by atoms with Crippen LogP contribution < -0.4 is 9.47 Å². The summed E-state index contributed by atoms with van der Waals surface area (Å²) in [4.78, 5) is 24.5. The number of ether oxygens (including phenoxy) is 2. The summed E-state index contributed by atoms with van der Waals surface area (Å²) >= 11 is 0. The van der Waals surface area contributed by atoms with Gasteiger partial charge in [0.15, 0.2) is 11.5 Å². The number of amides is 1. The Hall–Kier alpha value is -3.05. The van der Waals surface area contributed by atoms with Gasteiger partial charge in [0, 0.05) is 11.8 Å². The molecule has 0 radical (unpaired) electrons. The fraction of sp³-hybridized carbons (Fsp3) is 0.143. The van der Waals surface area contributed by atoms with E-state index in [4.69, 9.17) is 15.0 Å². The van der Waals surface area contributed by atoms with E-state index in [0.29, 0.717) is 11.3 Å². The van der Waals surface area contributed by atoms with Crippen molar-refractivity contribution in [2.45, 2.75) is 6.92 Å². The third kappa shape index (κ3) is 5.63. The van der Waals surface area contributed by atoms with Crippen molar-refractivity contribution in [2.75, 3.05) is 6.61 Å². The van der Waals surface area contributed by atoms with E-state index in [0.717, 1.165) is 6.08 Å². The van der Waals surface area contributed by atoms with Crippen LogP contribution in [0.25, 0.3) is 16.5 Å². The van der Waals surface area contributed by atoms with Crippen LogP contribution in [0.4, 0.5) is 0 Å². The molecule has 1 aromatic carbocycles. The molecule has 0 N–H and O–H groups in total. The van der Waals surface area contributed by atoms with Crippen LogP contribution in [0.5, 0.6) is 11.5 Å². The average Bonchev–Trinajstić information content (AvgIpc) is 2.44. The molecule has 0 spiro atoms. The minimum absolute atomic E-state index is 0.235. The number of azide groups is 1. The fourth-order valence-corrected chi connectivity index (χ4v) is 1.37. The highest BCUT2D eigenvalue weighted by atomic mass is 16.6. The van der Waals surface area contributed by atoms with Crippen LogP contribution in [0.3, 0.4) is 0 Å². The minimum Gasteiger partial charge on any atom is -0.486 e.